The first-order valence-corrected chi connectivity index (χ1v) is 9.49. The highest BCUT2D eigenvalue weighted by molar-refractivity contribution is 14.0. The van der Waals surface area contributed by atoms with Gasteiger partial charge in [-0.25, -0.2) is 0 Å². The standard InChI is InChI=1S/C20H34N4O.HI/c1-5-21-20(23-17-11-7-6-8-12-17)22-15-19(24(2)3)16-10-9-13-18(14-16)25-4;/h9-10,13-14,17,19H,5-8,11-12,15H2,1-4H3,(H2,21,22,23);1H. The van der Waals surface area contributed by atoms with Gasteiger partial charge in [-0.3, -0.25) is 4.99 Å². The summed E-state index contributed by atoms with van der Waals surface area (Å²) >= 11 is 0. The largest absolute Gasteiger partial charge is 0.497 e. The number of aliphatic imine (C=N–C) groups is 1. The summed E-state index contributed by atoms with van der Waals surface area (Å²) in [5, 5.41) is 7.01. The number of hydrogen-bond acceptors (Lipinski definition) is 3. The fraction of sp³-hybridized carbons (Fsp3) is 0.650. The third kappa shape index (κ3) is 7.31. The van der Waals surface area contributed by atoms with E-state index >= 15 is 0 Å². The average molecular weight is 474 g/mol. The first-order valence-electron chi connectivity index (χ1n) is 9.49. The molecule has 1 fully saturated rings. The van der Waals surface area contributed by atoms with Crippen LogP contribution in [-0.2, 0) is 0 Å². The Morgan fingerprint density at radius 2 is 2.00 bits per heavy atom. The summed E-state index contributed by atoms with van der Waals surface area (Å²) in [6.07, 6.45) is 6.50. The molecule has 0 amide bonds. The van der Waals surface area contributed by atoms with Gasteiger partial charge in [0.2, 0.25) is 0 Å². The summed E-state index contributed by atoms with van der Waals surface area (Å²) in [4.78, 5) is 7.08. The van der Waals surface area contributed by atoms with Gasteiger partial charge in [-0.2, -0.15) is 0 Å². The number of rotatable bonds is 7. The van der Waals surface area contributed by atoms with Gasteiger partial charge in [0.25, 0.3) is 0 Å². The Hall–Kier alpha value is -1.02. The summed E-state index contributed by atoms with van der Waals surface area (Å²) in [6, 6.07) is 9.04. The fourth-order valence-electron chi connectivity index (χ4n) is 3.35. The molecular weight excluding hydrogens is 439 g/mol. The number of likely N-dealkylation sites (N-methyl/N-ethyl adjacent to an activating group) is 1. The number of nitrogens with zero attached hydrogens (tertiary/aromatic N) is 2. The summed E-state index contributed by atoms with van der Waals surface area (Å²) in [5.41, 5.74) is 1.22. The highest BCUT2D eigenvalue weighted by Gasteiger charge is 2.17. The maximum Gasteiger partial charge on any atom is 0.191 e. The molecule has 1 aliphatic carbocycles. The fourth-order valence-corrected chi connectivity index (χ4v) is 3.35. The van der Waals surface area contributed by atoms with E-state index in [-0.39, 0.29) is 30.0 Å². The molecule has 0 spiro atoms. The van der Waals surface area contributed by atoms with Crippen molar-refractivity contribution in [1.29, 1.82) is 0 Å². The molecule has 0 saturated heterocycles. The molecule has 5 nitrogen and oxygen atoms in total. The van der Waals surface area contributed by atoms with E-state index in [1.165, 1.54) is 37.7 Å². The van der Waals surface area contributed by atoms with Gasteiger partial charge >= 0.3 is 0 Å². The number of halogens is 1. The Morgan fingerprint density at radius 3 is 2.62 bits per heavy atom. The molecule has 1 aromatic carbocycles. The van der Waals surface area contributed by atoms with Crippen LogP contribution in [0.2, 0.25) is 0 Å². The zero-order valence-corrected chi connectivity index (χ0v) is 19.0. The van der Waals surface area contributed by atoms with Crippen molar-refractivity contribution in [2.45, 2.75) is 51.1 Å². The Morgan fingerprint density at radius 1 is 1.27 bits per heavy atom. The van der Waals surface area contributed by atoms with Crippen molar-refractivity contribution in [3.63, 3.8) is 0 Å². The van der Waals surface area contributed by atoms with E-state index < -0.39 is 0 Å². The predicted octanol–water partition coefficient (Wildman–Crippen LogP) is 3.80. The second kappa shape index (κ2) is 12.4. The van der Waals surface area contributed by atoms with Crippen LogP contribution in [0.15, 0.2) is 29.3 Å². The van der Waals surface area contributed by atoms with Gasteiger partial charge in [0.15, 0.2) is 5.96 Å². The number of hydrogen-bond donors (Lipinski definition) is 2. The molecule has 2 N–H and O–H groups in total. The Labute approximate surface area is 176 Å². The van der Waals surface area contributed by atoms with Gasteiger partial charge < -0.3 is 20.3 Å². The molecule has 6 heteroatoms. The second-order valence-electron chi connectivity index (χ2n) is 6.95. The van der Waals surface area contributed by atoms with Gasteiger partial charge in [0.05, 0.1) is 19.7 Å². The van der Waals surface area contributed by atoms with Gasteiger partial charge in [0, 0.05) is 12.6 Å². The van der Waals surface area contributed by atoms with Crippen LogP contribution >= 0.6 is 24.0 Å². The Bertz CT molecular complexity index is 544. The molecule has 0 bridgehead atoms. The van der Waals surface area contributed by atoms with Crippen molar-refractivity contribution < 1.29 is 4.74 Å². The molecule has 26 heavy (non-hydrogen) atoms. The maximum absolute atomic E-state index is 5.37. The van der Waals surface area contributed by atoms with Crippen LogP contribution in [0, 0.1) is 0 Å². The molecule has 0 heterocycles. The minimum Gasteiger partial charge on any atom is -0.497 e. The van der Waals surface area contributed by atoms with Gasteiger partial charge in [-0.15, -0.1) is 24.0 Å². The minimum absolute atomic E-state index is 0. The first-order chi connectivity index (χ1) is 12.1. The summed E-state index contributed by atoms with van der Waals surface area (Å²) in [6.45, 7) is 3.70. The third-order valence-electron chi connectivity index (χ3n) is 4.81. The van der Waals surface area contributed by atoms with E-state index in [0.29, 0.717) is 12.6 Å². The first kappa shape index (κ1) is 23.0. The summed E-state index contributed by atoms with van der Waals surface area (Å²) in [5.74, 6) is 1.82. The number of ether oxygens (including phenoxy) is 1. The molecule has 1 aromatic rings. The van der Waals surface area contributed by atoms with Crippen LogP contribution in [0.3, 0.4) is 0 Å². The summed E-state index contributed by atoms with van der Waals surface area (Å²) in [7, 11) is 5.90. The van der Waals surface area contributed by atoms with Crippen molar-refractivity contribution in [3.05, 3.63) is 29.8 Å². The smallest absolute Gasteiger partial charge is 0.191 e. The maximum atomic E-state index is 5.37. The lowest BCUT2D eigenvalue weighted by Crippen LogP contribution is -2.44. The van der Waals surface area contributed by atoms with Crippen LogP contribution < -0.4 is 15.4 Å². The van der Waals surface area contributed by atoms with E-state index in [2.05, 4.69) is 48.7 Å². The molecule has 1 atom stereocenters. The Balaban J connectivity index is 0.00000338. The zero-order chi connectivity index (χ0) is 18.1. The minimum atomic E-state index is 0. The van der Waals surface area contributed by atoms with Crippen LogP contribution in [0.5, 0.6) is 5.75 Å². The molecule has 1 aliphatic rings. The highest BCUT2D eigenvalue weighted by Crippen LogP contribution is 2.23. The van der Waals surface area contributed by atoms with Crippen molar-refractivity contribution in [1.82, 2.24) is 15.5 Å². The summed E-state index contributed by atoms with van der Waals surface area (Å²) < 4.78 is 5.37. The highest BCUT2D eigenvalue weighted by atomic mass is 127. The van der Waals surface area contributed by atoms with Crippen molar-refractivity contribution >= 4 is 29.9 Å². The van der Waals surface area contributed by atoms with Crippen LogP contribution in [0.1, 0.15) is 50.6 Å². The lowest BCUT2D eigenvalue weighted by Gasteiger charge is -2.27. The second-order valence-corrected chi connectivity index (χ2v) is 6.95. The normalized spacial score (nSPS) is 16.7. The molecule has 0 aliphatic heterocycles. The molecule has 1 unspecified atom stereocenters. The average Bonchev–Trinajstić information content (AvgIpc) is 2.63. The number of nitrogens with one attached hydrogen (secondary N) is 2. The van der Waals surface area contributed by atoms with Crippen molar-refractivity contribution in [2.75, 3.05) is 34.3 Å². The van der Waals surface area contributed by atoms with E-state index in [0.717, 1.165) is 18.3 Å². The van der Waals surface area contributed by atoms with E-state index in [4.69, 9.17) is 9.73 Å². The van der Waals surface area contributed by atoms with Crippen LogP contribution in [0.4, 0.5) is 0 Å². The van der Waals surface area contributed by atoms with Crippen molar-refractivity contribution in [2.24, 2.45) is 4.99 Å². The van der Waals surface area contributed by atoms with Gasteiger partial charge in [-0.05, 0) is 51.6 Å². The van der Waals surface area contributed by atoms with E-state index in [1.54, 1.807) is 7.11 Å². The van der Waals surface area contributed by atoms with Gasteiger partial charge in [0.1, 0.15) is 5.75 Å². The molecule has 0 radical (unpaired) electrons. The van der Waals surface area contributed by atoms with Gasteiger partial charge in [-0.1, -0.05) is 31.4 Å². The van der Waals surface area contributed by atoms with Crippen LogP contribution in [0.25, 0.3) is 0 Å². The van der Waals surface area contributed by atoms with Crippen LogP contribution in [-0.4, -0.2) is 51.2 Å². The predicted molar refractivity (Wildman–Crippen MR) is 121 cm³/mol. The lowest BCUT2D eigenvalue weighted by atomic mass is 9.96. The number of guanidine groups is 1. The third-order valence-corrected chi connectivity index (χ3v) is 4.81. The quantitative estimate of drug-likeness (QED) is 0.359. The molecule has 148 valence electrons. The van der Waals surface area contributed by atoms with E-state index in [1.807, 2.05) is 12.1 Å². The molecule has 0 aromatic heterocycles. The van der Waals surface area contributed by atoms with Crippen molar-refractivity contribution in [3.8, 4) is 5.75 Å². The zero-order valence-electron chi connectivity index (χ0n) is 16.6. The monoisotopic (exact) mass is 474 g/mol. The Kier molecular flexibility index (Phi) is 11.0. The SMILES string of the molecule is CCNC(=NCC(c1cccc(OC)c1)N(C)C)NC1CCCCC1.I. The topological polar surface area (TPSA) is 48.9 Å². The number of benzene rings is 1. The molecular formula is C20H35IN4O. The number of methoxy groups -OCH3 is 1. The lowest BCUT2D eigenvalue weighted by molar-refractivity contribution is 0.304. The molecule has 2 rings (SSSR count). The van der Waals surface area contributed by atoms with E-state index in [9.17, 15) is 0 Å². The molecule has 1 saturated carbocycles.